The van der Waals surface area contributed by atoms with Gasteiger partial charge in [-0.25, -0.2) is 4.79 Å². The Morgan fingerprint density at radius 2 is 1.57 bits per heavy atom. The van der Waals surface area contributed by atoms with Crippen LogP contribution in [0.5, 0.6) is 0 Å². The number of hydrogen-bond acceptors (Lipinski definition) is 3. The van der Waals surface area contributed by atoms with Gasteiger partial charge in [-0.3, -0.25) is 4.79 Å². The number of nitrogens with one attached hydrogen (secondary N) is 1. The maximum Gasteiger partial charge on any atom is 0.338 e. The molecule has 0 atom stereocenters. The summed E-state index contributed by atoms with van der Waals surface area (Å²) < 4.78 is 5.25. The Kier molecular flexibility index (Phi) is 6.58. The molecule has 1 amide bonds. The molecule has 142 valence electrons. The van der Waals surface area contributed by atoms with Gasteiger partial charge in [-0.1, -0.05) is 67.6 Å². The Labute approximate surface area is 165 Å². The van der Waals surface area contributed by atoms with Gasteiger partial charge in [0.15, 0.2) is 6.61 Å². The first-order valence-electron chi connectivity index (χ1n) is 9.33. The van der Waals surface area contributed by atoms with Crippen molar-refractivity contribution < 1.29 is 14.3 Å². The first kappa shape index (κ1) is 19.4. The van der Waals surface area contributed by atoms with E-state index >= 15 is 0 Å². The van der Waals surface area contributed by atoms with Crippen molar-refractivity contribution in [3.63, 3.8) is 0 Å². The minimum Gasteiger partial charge on any atom is -0.452 e. The number of amides is 1. The monoisotopic (exact) mass is 373 g/mol. The molecule has 0 bridgehead atoms. The van der Waals surface area contributed by atoms with Gasteiger partial charge >= 0.3 is 5.97 Å². The van der Waals surface area contributed by atoms with Crippen LogP contribution >= 0.6 is 0 Å². The van der Waals surface area contributed by atoms with Gasteiger partial charge in [-0.15, -0.1) is 0 Å². The Hall–Kier alpha value is -3.40. The van der Waals surface area contributed by atoms with Gasteiger partial charge < -0.3 is 10.1 Å². The molecule has 3 aromatic rings. The fourth-order valence-corrected chi connectivity index (χ4v) is 2.96. The maximum absolute atomic E-state index is 12.5. The summed E-state index contributed by atoms with van der Waals surface area (Å²) in [6, 6.07) is 24.8. The Balaban J connectivity index is 1.61. The van der Waals surface area contributed by atoms with Crippen molar-refractivity contribution >= 4 is 17.6 Å². The quantitative estimate of drug-likeness (QED) is 0.614. The first-order chi connectivity index (χ1) is 13.7. The minimum atomic E-state index is -0.496. The van der Waals surface area contributed by atoms with E-state index < -0.39 is 5.97 Å². The van der Waals surface area contributed by atoms with Crippen LogP contribution in [-0.4, -0.2) is 18.5 Å². The average Bonchev–Trinajstić information content (AvgIpc) is 2.73. The lowest BCUT2D eigenvalue weighted by Gasteiger charge is -2.10. The molecular formula is C24H23NO3. The highest BCUT2D eigenvalue weighted by atomic mass is 16.5. The van der Waals surface area contributed by atoms with E-state index in [0.717, 1.165) is 23.1 Å². The second-order valence-corrected chi connectivity index (χ2v) is 6.50. The number of aryl methyl sites for hydroxylation is 1. The summed E-state index contributed by atoms with van der Waals surface area (Å²) in [6.45, 7) is 1.73. The highest BCUT2D eigenvalue weighted by Gasteiger charge is 2.14. The summed E-state index contributed by atoms with van der Waals surface area (Å²) in [5.74, 6) is -0.855. The molecule has 0 aliphatic carbocycles. The molecule has 0 fully saturated rings. The minimum absolute atomic E-state index is 0.325. The third-order valence-electron chi connectivity index (χ3n) is 4.43. The van der Waals surface area contributed by atoms with Crippen LogP contribution in [0.4, 0.5) is 5.69 Å². The number of ether oxygens (including phenoxy) is 1. The number of hydrogen-bond donors (Lipinski definition) is 1. The molecule has 0 heterocycles. The van der Waals surface area contributed by atoms with Crippen molar-refractivity contribution in [2.75, 3.05) is 11.9 Å². The van der Waals surface area contributed by atoms with E-state index in [1.54, 1.807) is 12.1 Å². The fraction of sp³-hybridized carbons (Fsp3) is 0.167. The molecule has 0 saturated carbocycles. The predicted molar refractivity (Wildman–Crippen MR) is 110 cm³/mol. The molecular weight excluding hydrogens is 350 g/mol. The van der Waals surface area contributed by atoms with Gasteiger partial charge in [0.2, 0.25) is 0 Å². The van der Waals surface area contributed by atoms with Crippen molar-refractivity contribution in [1.82, 2.24) is 0 Å². The Bertz CT molecular complexity index is 951. The maximum atomic E-state index is 12.5. The molecule has 0 aromatic heterocycles. The average molecular weight is 373 g/mol. The largest absolute Gasteiger partial charge is 0.452 e. The van der Waals surface area contributed by atoms with Crippen LogP contribution in [0, 0.1) is 0 Å². The van der Waals surface area contributed by atoms with Crippen molar-refractivity contribution in [2.24, 2.45) is 0 Å². The summed E-state index contributed by atoms with van der Waals surface area (Å²) in [7, 11) is 0. The van der Waals surface area contributed by atoms with Gasteiger partial charge in [0.1, 0.15) is 0 Å². The molecule has 1 N–H and O–H groups in total. The van der Waals surface area contributed by atoms with Gasteiger partial charge in [0.05, 0.1) is 5.56 Å². The number of benzene rings is 3. The van der Waals surface area contributed by atoms with Crippen LogP contribution in [0.25, 0.3) is 0 Å². The van der Waals surface area contributed by atoms with E-state index in [1.807, 2.05) is 66.7 Å². The number of carbonyl (C=O) groups is 2. The van der Waals surface area contributed by atoms with Crippen LogP contribution in [-0.2, 0) is 22.4 Å². The molecule has 4 heteroatoms. The Morgan fingerprint density at radius 3 is 2.36 bits per heavy atom. The molecule has 4 nitrogen and oxygen atoms in total. The van der Waals surface area contributed by atoms with Gasteiger partial charge in [-0.2, -0.15) is 0 Å². The number of anilines is 1. The van der Waals surface area contributed by atoms with Crippen molar-refractivity contribution in [3.05, 3.63) is 101 Å². The van der Waals surface area contributed by atoms with Crippen LogP contribution in [0.3, 0.4) is 0 Å². The lowest BCUT2D eigenvalue weighted by molar-refractivity contribution is -0.119. The van der Waals surface area contributed by atoms with E-state index in [1.165, 1.54) is 0 Å². The van der Waals surface area contributed by atoms with Crippen LogP contribution in [0.2, 0.25) is 0 Å². The lowest BCUT2D eigenvalue weighted by Crippen LogP contribution is -2.21. The molecule has 0 unspecified atom stereocenters. The van der Waals surface area contributed by atoms with E-state index in [9.17, 15) is 9.59 Å². The summed E-state index contributed by atoms with van der Waals surface area (Å²) >= 11 is 0. The van der Waals surface area contributed by atoms with Gasteiger partial charge in [0, 0.05) is 5.69 Å². The standard InChI is InChI=1S/C24H23NO3/c1-2-18-11-8-13-21(16-18)25-23(26)17-28-24(27)22-14-7-6-12-20(22)15-19-9-4-3-5-10-19/h3-14,16H,2,15,17H2,1H3,(H,25,26). The highest BCUT2D eigenvalue weighted by molar-refractivity contribution is 5.96. The van der Waals surface area contributed by atoms with E-state index in [4.69, 9.17) is 4.74 Å². The van der Waals surface area contributed by atoms with Crippen LogP contribution in [0.1, 0.15) is 34.0 Å². The smallest absolute Gasteiger partial charge is 0.338 e. The zero-order chi connectivity index (χ0) is 19.8. The molecule has 0 aliphatic heterocycles. The third kappa shape index (κ3) is 5.30. The number of carbonyl (C=O) groups excluding carboxylic acids is 2. The zero-order valence-electron chi connectivity index (χ0n) is 15.9. The van der Waals surface area contributed by atoms with Crippen molar-refractivity contribution in [1.29, 1.82) is 0 Å². The number of rotatable bonds is 7. The predicted octanol–water partition coefficient (Wildman–Crippen LogP) is 4.64. The van der Waals surface area contributed by atoms with Crippen LogP contribution < -0.4 is 5.32 Å². The second kappa shape index (κ2) is 9.51. The molecule has 0 aliphatic rings. The van der Waals surface area contributed by atoms with Crippen LogP contribution in [0.15, 0.2) is 78.9 Å². The van der Waals surface area contributed by atoms with E-state index in [0.29, 0.717) is 17.7 Å². The molecule has 28 heavy (non-hydrogen) atoms. The third-order valence-corrected chi connectivity index (χ3v) is 4.43. The van der Waals surface area contributed by atoms with Crippen molar-refractivity contribution in [2.45, 2.75) is 19.8 Å². The van der Waals surface area contributed by atoms with Crippen molar-refractivity contribution in [3.8, 4) is 0 Å². The van der Waals surface area contributed by atoms with E-state index in [2.05, 4.69) is 12.2 Å². The SMILES string of the molecule is CCc1cccc(NC(=O)COC(=O)c2ccccc2Cc2ccccc2)c1. The summed E-state index contributed by atoms with van der Waals surface area (Å²) in [5.41, 5.74) is 4.28. The zero-order valence-corrected chi connectivity index (χ0v) is 15.9. The first-order valence-corrected chi connectivity index (χ1v) is 9.33. The fourth-order valence-electron chi connectivity index (χ4n) is 2.96. The van der Waals surface area contributed by atoms with Gasteiger partial charge in [-0.05, 0) is 47.7 Å². The van der Waals surface area contributed by atoms with Gasteiger partial charge in [0.25, 0.3) is 5.91 Å². The van der Waals surface area contributed by atoms with E-state index in [-0.39, 0.29) is 12.5 Å². The number of esters is 1. The summed E-state index contributed by atoms with van der Waals surface area (Å²) in [4.78, 5) is 24.6. The molecule has 0 spiro atoms. The second-order valence-electron chi connectivity index (χ2n) is 6.50. The molecule has 3 rings (SSSR count). The lowest BCUT2D eigenvalue weighted by atomic mass is 10.00. The molecule has 3 aromatic carbocycles. The summed E-state index contributed by atoms with van der Waals surface area (Å²) in [5, 5.41) is 2.76. The Morgan fingerprint density at radius 1 is 0.857 bits per heavy atom. The molecule has 0 radical (unpaired) electrons. The summed E-state index contributed by atoms with van der Waals surface area (Å²) in [6.07, 6.45) is 1.51. The molecule has 0 saturated heterocycles. The normalized spacial score (nSPS) is 10.3. The topological polar surface area (TPSA) is 55.4 Å². The highest BCUT2D eigenvalue weighted by Crippen LogP contribution is 2.16.